The van der Waals surface area contributed by atoms with E-state index >= 15 is 0 Å². The minimum atomic E-state index is 0.298. The van der Waals surface area contributed by atoms with E-state index in [2.05, 4.69) is 6.07 Å². The second-order valence-corrected chi connectivity index (χ2v) is 3.25. The Bertz CT molecular complexity index is 282. The molecule has 2 rings (SSSR count). The smallest absolute Gasteiger partial charge is 0.115 e. The largest absolute Gasteiger partial charge is 0.367 e. The van der Waals surface area contributed by atoms with Crippen molar-refractivity contribution in [1.29, 1.82) is 5.26 Å². The Balaban J connectivity index is 2.29. The van der Waals surface area contributed by atoms with Crippen molar-refractivity contribution in [3.8, 4) is 6.07 Å². The van der Waals surface area contributed by atoms with Crippen LogP contribution in [0.3, 0.4) is 0 Å². The SMILES string of the molecule is N#Cc1ccc([C@H]2CO2)s1. The van der Waals surface area contributed by atoms with E-state index in [1.165, 1.54) is 16.2 Å². The fourth-order valence-electron chi connectivity index (χ4n) is 0.798. The highest BCUT2D eigenvalue weighted by Gasteiger charge is 2.26. The first-order valence-electron chi connectivity index (χ1n) is 3.01. The summed E-state index contributed by atoms with van der Waals surface area (Å²) >= 11 is 1.52. The highest BCUT2D eigenvalue weighted by Crippen LogP contribution is 2.34. The number of epoxide rings is 1. The molecule has 0 aliphatic carbocycles. The molecule has 0 unspecified atom stereocenters. The number of thiophene rings is 1. The maximum atomic E-state index is 8.47. The van der Waals surface area contributed by atoms with Crippen LogP contribution in [-0.4, -0.2) is 6.61 Å². The summed E-state index contributed by atoms with van der Waals surface area (Å²) in [6, 6.07) is 5.89. The van der Waals surface area contributed by atoms with Gasteiger partial charge in [0.1, 0.15) is 17.1 Å². The standard InChI is InChI=1S/C7H5NOS/c8-3-5-1-2-7(10-5)6-4-9-6/h1-2,6H,4H2/t6-/m1/s1. The second-order valence-electron chi connectivity index (χ2n) is 2.14. The van der Waals surface area contributed by atoms with Crippen LogP contribution in [0.1, 0.15) is 15.9 Å². The molecule has 0 saturated carbocycles. The molecule has 1 aliphatic rings. The zero-order valence-electron chi connectivity index (χ0n) is 5.20. The summed E-state index contributed by atoms with van der Waals surface area (Å²) in [5, 5.41) is 8.47. The summed E-state index contributed by atoms with van der Waals surface area (Å²) in [5.74, 6) is 0. The average Bonchev–Trinajstić information content (AvgIpc) is 2.70. The normalized spacial score (nSPS) is 22.1. The molecule has 0 N–H and O–H groups in total. The van der Waals surface area contributed by atoms with Crippen LogP contribution in [0.25, 0.3) is 0 Å². The number of ether oxygens (including phenoxy) is 1. The number of nitriles is 1. The van der Waals surface area contributed by atoms with E-state index in [1.807, 2.05) is 12.1 Å². The molecule has 1 fully saturated rings. The van der Waals surface area contributed by atoms with Gasteiger partial charge in [-0.3, -0.25) is 0 Å². The lowest BCUT2D eigenvalue weighted by atomic mass is 10.4. The summed E-state index contributed by atoms with van der Waals surface area (Å²) in [7, 11) is 0. The molecule has 1 aliphatic heterocycles. The third-order valence-corrected chi connectivity index (χ3v) is 2.47. The Morgan fingerprint density at radius 3 is 3.00 bits per heavy atom. The third kappa shape index (κ3) is 0.919. The molecular formula is C7H5NOS. The van der Waals surface area contributed by atoms with Crippen LogP contribution in [-0.2, 0) is 4.74 Å². The average molecular weight is 151 g/mol. The monoisotopic (exact) mass is 151 g/mol. The summed E-state index contributed by atoms with van der Waals surface area (Å²) in [4.78, 5) is 1.95. The molecule has 0 aromatic carbocycles. The van der Waals surface area contributed by atoms with Gasteiger partial charge in [0.15, 0.2) is 0 Å². The molecule has 0 radical (unpaired) electrons. The maximum absolute atomic E-state index is 8.47. The first-order valence-corrected chi connectivity index (χ1v) is 3.83. The molecule has 1 atom stereocenters. The van der Waals surface area contributed by atoms with Crippen LogP contribution >= 0.6 is 11.3 Å². The number of rotatable bonds is 1. The molecule has 1 saturated heterocycles. The Morgan fingerprint density at radius 2 is 2.50 bits per heavy atom. The van der Waals surface area contributed by atoms with Gasteiger partial charge in [0.25, 0.3) is 0 Å². The van der Waals surface area contributed by atoms with Gasteiger partial charge in [-0.25, -0.2) is 0 Å². The van der Waals surface area contributed by atoms with Crippen LogP contribution in [0.15, 0.2) is 12.1 Å². The second kappa shape index (κ2) is 2.08. The molecule has 50 valence electrons. The lowest BCUT2D eigenvalue weighted by Gasteiger charge is -1.80. The molecule has 1 aromatic rings. The van der Waals surface area contributed by atoms with Crippen LogP contribution in [0.4, 0.5) is 0 Å². The van der Waals surface area contributed by atoms with Crippen molar-refractivity contribution in [2.24, 2.45) is 0 Å². The van der Waals surface area contributed by atoms with Crippen LogP contribution in [0, 0.1) is 11.3 Å². The number of hydrogen-bond acceptors (Lipinski definition) is 3. The van der Waals surface area contributed by atoms with E-state index < -0.39 is 0 Å². The Morgan fingerprint density at radius 1 is 1.70 bits per heavy atom. The lowest BCUT2D eigenvalue weighted by molar-refractivity contribution is 0.418. The predicted octanol–water partition coefficient (Wildman–Crippen LogP) is 1.69. The van der Waals surface area contributed by atoms with Crippen molar-refractivity contribution in [3.63, 3.8) is 0 Å². The summed E-state index contributed by atoms with van der Waals surface area (Å²) in [6.07, 6.45) is 0.298. The molecular weight excluding hydrogens is 146 g/mol. The quantitative estimate of drug-likeness (QED) is 0.572. The molecule has 0 bridgehead atoms. The fraction of sp³-hybridized carbons (Fsp3) is 0.286. The third-order valence-electron chi connectivity index (χ3n) is 1.39. The van der Waals surface area contributed by atoms with Crippen molar-refractivity contribution in [3.05, 3.63) is 21.9 Å². The van der Waals surface area contributed by atoms with Gasteiger partial charge in [0.05, 0.1) is 6.61 Å². The number of nitrogens with zero attached hydrogens (tertiary/aromatic N) is 1. The van der Waals surface area contributed by atoms with Gasteiger partial charge in [0, 0.05) is 4.88 Å². The lowest BCUT2D eigenvalue weighted by Crippen LogP contribution is -1.66. The zero-order chi connectivity index (χ0) is 6.97. The molecule has 2 nitrogen and oxygen atoms in total. The van der Waals surface area contributed by atoms with Crippen molar-refractivity contribution in [2.45, 2.75) is 6.10 Å². The molecule has 0 spiro atoms. The van der Waals surface area contributed by atoms with E-state index in [9.17, 15) is 0 Å². The Kier molecular flexibility index (Phi) is 1.23. The van der Waals surface area contributed by atoms with Crippen molar-refractivity contribution < 1.29 is 4.74 Å². The fourth-order valence-corrected chi connectivity index (χ4v) is 1.64. The first-order chi connectivity index (χ1) is 4.90. The Labute approximate surface area is 62.7 Å². The van der Waals surface area contributed by atoms with E-state index in [0.29, 0.717) is 6.10 Å². The minimum absolute atomic E-state index is 0.298. The molecule has 2 heterocycles. The van der Waals surface area contributed by atoms with E-state index in [4.69, 9.17) is 10.00 Å². The van der Waals surface area contributed by atoms with Crippen molar-refractivity contribution in [2.75, 3.05) is 6.61 Å². The van der Waals surface area contributed by atoms with Crippen LogP contribution < -0.4 is 0 Å². The summed E-state index contributed by atoms with van der Waals surface area (Å²) in [6.45, 7) is 0.825. The maximum Gasteiger partial charge on any atom is 0.115 e. The van der Waals surface area contributed by atoms with E-state index in [-0.39, 0.29) is 0 Å². The highest BCUT2D eigenvalue weighted by molar-refractivity contribution is 7.12. The summed E-state index contributed by atoms with van der Waals surface area (Å²) in [5.41, 5.74) is 0. The predicted molar refractivity (Wildman–Crippen MR) is 37.7 cm³/mol. The molecule has 10 heavy (non-hydrogen) atoms. The highest BCUT2D eigenvalue weighted by atomic mass is 32.1. The Hall–Kier alpha value is -0.850. The van der Waals surface area contributed by atoms with Gasteiger partial charge in [-0.15, -0.1) is 11.3 Å². The van der Waals surface area contributed by atoms with E-state index in [0.717, 1.165) is 11.5 Å². The van der Waals surface area contributed by atoms with Crippen LogP contribution in [0.5, 0.6) is 0 Å². The van der Waals surface area contributed by atoms with Crippen molar-refractivity contribution in [1.82, 2.24) is 0 Å². The molecule has 1 aromatic heterocycles. The zero-order valence-corrected chi connectivity index (χ0v) is 6.02. The topological polar surface area (TPSA) is 36.3 Å². The van der Waals surface area contributed by atoms with Gasteiger partial charge < -0.3 is 4.74 Å². The van der Waals surface area contributed by atoms with Crippen LogP contribution in [0.2, 0.25) is 0 Å². The first kappa shape index (κ1) is 5.90. The van der Waals surface area contributed by atoms with Gasteiger partial charge >= 0.3 is 0 Å². The van der Waals surface area contributed by atoms with Gasteiger partial charge in [-0.05, 0) is 12.1 Å². The van der Waals surface area contributed by atoms with Gasteiger partial charge in [-0.2, -0.15) is 5.26 Å². The summed E-state index contributed by atoms with van der Waals surface area (Å²) < 4.78 is 5.05. The molecule has 3 heteroatoms. The molecule has 0 amide bonds. The van der Waals surface area contributed by atoms with Crippen molar-refractivity contribution >= 4 is 11.3 Å². The van der Waals surface area contributed by atoms with Gasteiger partial charge in [0.2, 0.25) is 0 Å². The minimum Gasteiger partial charge on any atom is -0.367 e. The van der Waals surface area contributed by atoms with Gasteiger partial charge in [-0.1, -0.05) is 0 Å². The number of hydrogen-bond donors (Lipinski definition) is 0. The van der Waals surface area contributed by atoms with E-state index in [1.54, 1.807) is 0 Å².